The highest BCUT2D eigenvalue weighted by molar-refractivity contribution is 5.98. The fourth-order valence-corrected chi connectivity index (χ4v) is 2.52. The van der Waals surface area contributed by atoms with Crippen LogP contribution in [0.4, 0.5) is 5.82 Å². The Morgan fingerprint density at radius 3 is 2.61 bits per heavy atom. The van der Waals surface area contributed by atoms with Gasteiger partial charge in [-0.15, -0.1) is 0 Å². The van der Waals surface area contributed by atoms with Crippen molar-refractivity contribution in [3.63, 3.8) is 0 Å². The summed E-state index contributed by atoms with van der Waals surface area (Å²) >= 11 is 0. The van der Waals surface area contributed by atoms with E-state index in [2.05, 4.69) is 28.9 Å². The molecule has 0 aliphatic carbocycles. The van der Waals surface area contributed by atoms with Gasteiger partial charge in [-0.2, -0.15) is 0 Å². The topological polar surface area (TPSA) is 36.4 Å². The van der Waals surface area contributed by atoms with Gasteiger partial charge in [-0.1, -0.05) is 0 Å². The van der Waals surface area contributed by atoms with Crippen molar-refractivity contribution < 1.29 is 4.79 Å². The quantitative estimate of drug-likeness (QED) is 0.763. The van der Waals surface area contributed by atoms with Crippen molar-refractivity contribution in [3.05, 3.63) is 23.9 Å². The molecule has 1 aromatic heterocycles. The Labute approximate surface area is 109 Å². The van der Waals surface area contributed by atoms with Crippen LogP contribution >= 0.6 is 0 Å². The Hall–Kier alpha value is -1.42. The van der Waals surface area contributed by atoms with Gasteiger partial charge in [0.05, 0.1) is 5.56 Å². The molecule has 1 saturated heterocycles. The third-order valence-corrected chi connectivity index (χ3v) is 3.66. The van der Waals surface area contributed by atoms with E-state index < -0.39 is 0 Å². The van der Waals surface area contributed by atoms with E-state index in [4.69, 9.17) is 0 Å². The lowest BCUT2D eigenvalue weighted by molar-refractivity contribution is 0.101. The smallest absolute Gasteiger partial charge is 0.163 e. The van der Waals surface area contributed by atoms with Gasteiger partial charge in [-0.3, -0.25) is 4.79 Å². The van der Waals surface area contributed by atoms with Crippen LogP contribution in [-0.2, 0) is 0 Å². The summed E-state index contributed by atoms with van der Waals surface area (Å²) in [4.78, 5) is 20.5. The number of aromatic nitrogens is 1. The Balaban J connectivity index is 2.12. The standard InChI is InChI=1S/C14H21N3O/c1-11(18)13-5-4-8-15-14(13)17-9-6-12(7-10-17)16(2)3/h4-5,8,12H,6-7,9-10H2,1-3H3. The Kier molecular flexibility index (Phi) is 3.97. The van der Waals surface area contributed by atoms with Gasteiger partial charge in [0.1, 0.15) is 5.82 Å². The van der Waals surface area contributed by atoms with Crippen molar-refractivity contribution in [1.29, 1.82) is 0 Å². The first-order valence-corrected chi connectivity index (χ1v) is 6.47. The van der Waals surface area contributed by atoms with Crippen LogP contribution in [0.2, 0.25) is 0 Å². The van der Waals surface area contributed by atoms with Crippen molar-refractivity contribution in [2.75, 3.05) is 32.1 Å². The van der Waals surface area contributed by atoms with Crippen LogP contribution in [0.3, 0.4) is 0 Å². The van der Waals surface area contributed by atoms with E-state index in [1.54, 1.807) is 13.1 Å². The zero-order chi connectivity index (χ0) is 13.1. The molecule has 0 spiro atoms. The molecule has 1 aromatic rings. The molecule has 0 aromatic carbocycles. The minimum absolute atomic E-state index is 0.0906. The van der Waals surface area contributed by atoms with Crippen LogP contribution in [0, 0.1) is 0 Å². The van der Waals surface area contributed by atoms with Gasteiger partial charge < -0.3 is 9.80 Å². The van der Waals surface area contributed by atoms with Gasteiger partial charge in [0, 0.05) is 25.3 Å². The summed E-state index contributed by atoms with van der Waals surface area (Å²) < 4.78 is 0. The molecule has 0 amide bonds. The van der Waals surface area contributed by atoms with Crippen LogP contribution in [0.25, 0.3) is 0 Å². The van der Waals surface area contributed by atoms with Crippen molar-refractivity contribution >= 4 is 11.6 Å². The monoisotopic (exact) mass is 247 g/mol. The second-order valence-electron chi connectivity index (χ2n) is 5.11. The minimum Gasteiger partial charge on any atom is -0.356 e. The third kappa shape index (κ3) is 2.70. The van der Waals surface area contributed by atoms with E-state index in [0.717, 1.165) is 37.3 Å². The van der Waals surface area contributed by atoms with Gasteiger partial charge >= 0.3 is 0 Å². The third-order valence-electron chi connectivity index (χ3n) is 3.66. The normalized spacial score (nSPS) is 17.2. The van der Waals surface area contributed by atoms with E-state index in [-0.39, 0.29) is 5.78 Å². The lowest BCUT2D eigenvalue weighted by atomic mass is 10.0. The molecule has 98 valence electrons. The predicted octanol–water partition coefficient (Wildman–Crippen LogP) is 1.81. The van der Waals surface area contributed by atoms with Gasteiger partial charge in [-0.05, 0) is 46.0 Å². The first-order chi connectivity index (χ1) is 8.59. The predicted molar refractivity (Wildman–Crippen MR) is 73.2 cm³/mol. The number of nitrogens with zero attached hydrogens (tertiary/aromatic N) is 3. The SMILES string of the molecule is CC(=O)c1cccnc1N1CCC(N(C)C)CC1. The second-order valence-corrected chi connectivity index (χ2v) is 5.11. The molecule has 1 aliphatic heterocycles. The number of hydrogen-bond donors (Lipinski definition) is 0. The highest BCUT2D eigenvalue weighted by Gasteiger charge is 2.23. The van der Waals surface area contributed by atoms with Crippen LogP contribution in [0.5, 0.6) is 0 Å². The number of carbonyl (C=O) groups excluding carboxylic acids is 1. The number of rotatable bonds is 3. The number of piperidine rings is 1. The van der Waals surface area contributed by atoms with Gasteiger partial charge in [-0.25, -0.2) is 4.98 Å². The van der Waals surface area contributed by atoms with Gasteiger partial charge in [0.2, 0.25) is 0 Å². The zero-order valence-corrected chi connectivity index (χ0v) is 11.4. The molecule has 0 bridgehead atoms. The molecule has 2 rings (SSSR count). The second kappa shape index (κ2) is 5.48. The van der Waals surface area contributed by atoms with Crippen LogP contribution in [0.1, 0.15) is 30.1 Å². The van der Waals surface area contributed by atoms with Crippen molar-refractivity contribution in [1.82, 2.24) is 9.88 Å². The molecule has 0 atom stereocenters. The number of hydrogen-bond acceptors (Lipinski definition) is 4. The van der Waals surface area contributed by atoms with E-state index in [1.807, 2.05) is 12.1 Å². The number of Topliss-reactive ketones (excluding diaryl/α,β-unsaturated/α-hetero) is 1. The number of pyridine rings is 1. The molecule has 4 heteroatoms. The van der Waals surface area contributed by atoms with Crippen LogP contribution in [0.15, 0.2) is 18.3 Å². The Morgan fingerprint density at radius 1 is 1.39 bits per heavy atom. The highest BCUT2D eigenvalue weighted by atomic mass is 16.1. The summed E-state index contributed by atoms with van der Waals surface area (Å²) in [6.45, 7) is 3.55. The molecule has 0 N–H and O–H groups in total. The molecule has 0 saturated carbocycles. The lowest BCUT2D eigenvalue weighted by Gasteiger charge is -2.36. The number of ketones is 1. The summed E-state index contributed by atoms with van der Waals surface area (Å²) in [5.41, 5.74) is 0.737. The average Bonchev–Trinajstić information content (AvgIpc) is 2.39. The summed E-state index contributed by atoms with van der Waals surface area (Å²) in [5.74, 6) is 0.940. The summed E-state index contributed by atoms with van der Waals surface area (Å²) in [6, 6.07) is 4.33. The molecule has 18 heavy (non-hydrogen) atoms. The fraction of sp³-hybridized carbons (Fsp3) is 0.571. The molecule has 0 unspecified atom stereocenters. The molecular weight excluding hydrogens is 226 g/mol. The van der Waals surface area contributed by atoms with E-state index >= 15 is 0 Å². The minimum atomic E-state index is 0.0906. The van der Waals surface area contributed by atoms with E-state index in [0.29, 0.717) is 6.04 Å². The summed E-state index contributed by atoms with van der Waals surface area (Å²) in [5, 5.41) is 0. The molecular formula is C14H21N3O. The average molecular weight is 247 g/mol. The zero-order valence-electron chi connectivity index (χ0n) is 11.4. The highest BCUT2D eigenvalue weighted by Crippen LogP contribution is 2.23. The largest absolute Gasteiger partial charge is 0.356 e. The van der Waals surface area contributed by atoms with Gasteiger partial charge in [0.15, 0.2) is 5.78 Å². The lowest BCUT2D eigenvalue weighted by Crippen LogP contribution is -2.42. The Morgan fingerprint density at radius 2 is 2.06 bits per heavy atom. The van der Waals surface area contributed by atoms with Crippen molar-refractivity contribution in [3.8, 4) is 0 Å². The maximum Gasteiger partial charge on any atom is 0.163 e. The first kappa shape index (κ1) is 13.0. The number of carbonyl (C=O) groups is 1. The maximum absolute atomic E-state index is 11.6. The van der Waals surface area contributed by atoms with Crippen LogP contribution < -0.4 is 4.90 Å². The summed E-state index contributed by atoms with van der Waals surface area (Å²) in [7, 11) is 4.25. The molecule has 0 radical (unpaired) electrons. The van der Waals surface area contributed by atoms with Crippen molar-refractivity contribution in [2.45, 2.75) is 25.8 Å². The van der Waals surface area contributed by atoms with E-state index in [1.165, 1.54) is 0 Å². The Bertz CT molecular complexity index is 423. The molecule has 1 fully saturated rings. The number of anilines is 1. The van der Waals surface area contributed by atoms with Gasteiger partial charge in [0.25, 0.3) is 0 Å². The fourth-order valence-electron chi connectivity index (χ4n) is 2.52. The molecule has 1 aliphatic rings. The first-order valence-electron chi connectivity index (χ1n) is 6.47. The maximum atomic E-state index is 11.6. The molecule has 2 heterocycles. The molecule has 4 nitrogen and oxygen atoms in total. The summed E-state index contributed by atoms with van der Waals surface area (Å²) in [6.07, 6.45) is 4.02. The van der Waals surface area contributed by atoms with Crippen molar-refractivity contribution in [2.24, 2.45) is 0 Å². The van der Waals surface area contributed by atoms with E-state index in [9.17, 15) is 4.79 Å². The van der Waals surface area contributed by atoms with Crippen LogP contribution in [-0.4, -0.2) is 48.9 Å².